The number of benzene rings is 1. The molecule has 3 rings (SSSR count). The molecule has 3 aromatic rings. The van der Waals surface area contributed by atoms with Crippen molar-refractivity contribution in [3.05, 3.63) is 63.0 Å². The van der Waals surface area contributed by atoms with Gasteiger partial charge in [0.1, 0.15) is 5.56 Å². The van der Waals surface area contributed by atoms with Crippen LogP contribution in [0.3, 0.4) is 0 Å². The van der Waals surface area contributed by atoms with Crippen LogP contribution in [0.25, 0.3) is 4.96 Å². The summed E-state index contributed by atoms with van der Waals surface area (Å²) in [5.74, 6) is -0.490. The van der Waals surface area contributed by atoms with Gasteiger partial charge in [0.25, 0.3) is 11.5 Å². The molecule has 1 amide bonds. The van der Waals surface area contributed by atoms with Crippen LogP contribution in [0.2, 0.25) is 0 Å². The number of carbonyl (C=O) groups is 1. The number of nitrogens with one attached hydrogen (secondary N) is 1. The summed E-state index contributed by atoms with van der Waals surface area (Å²) in [5.41, 5.74) is 1.18. The van der Waals surface area contributed by atoms with Crippen molar-refractivity contribution in [2.75, 3.05) is 11.9 Å². The molecule has 0 spiro atoms. The van der Waals surface area contributed by atoms with Crippen LogP contribution in [0.15, 0.2) is 41.5 Å². The van der Waals surface area contributed by atoms with Crippen LogP contribution < -0.4 is 10.9 Å². The second-order valence-corrected chi connectivity index (χ2v) is 6.31. The Morgan fingerprint density at radius 2 is 2.09 bits per heavy atom. The van der Waals surface area contributed by atoms with Gasteiger partial charge >= 0.3 is 0 Å². The van der Waals surface area contributed by atoms with Crippen molar-refractivity contribution in [1.82, 2.24) is 9.38 Å². The first-order chi connectivity index (χ1) is 11.1. The van der Waals surface area contributed by atoms with Gasteiger partial charge in [0.2, 0.25) is 0 Å². The van der Waals surface area contributed by atoms with Crippen molar-refractivity contribution < 1.29 is 9.90 Å². The molecular formula is C16H15N3O3S. The van der Waals surface area contributed by atoms with Gasteiger partial charge in [-0.15, -0.1) is 11.3 Å². The molecule has 0 aliphatic rings. The minimum atomic E-state index is -0.490. The van der Waals surface area contributed by atoms with E-state index in [4.69, 9.17) is 5.11 Å². The minimum Gasteiger partial charge on any atom is -0.396 e. The number of aliphatic hydroxyl groups is 1. The molecule has 23 heavy (non-hydrogen) atoms. The number of nitrogens with zero attached hydrogens (tertiary/aromatic N) is 2. The minimum absolute atomic E-state index is 0.000246. The standard InChI is InChI=1S/C16H15N3O3S/c1-10-9-19-15(22)13(8-17-16(19)23-10)14(21)18-12-4-2-11(3-5-12)6-7-20/h2-5,8-9,20H,6-7H2,1H3,(H,18,21). The van der Waals surface area contributed by atoms with Gasteiger partial charge in [0.15, 0.2) is 4.96 Å². The van der Waals surface area contributed by atoms with Crippen molar-refractivity contribution in [2.24, 2.45) is 0 Å². The third kappa shape index (κ3) is 3.15. The van der Waals surface area contributed by atoms with E-state index in [1.807, 2.05) is 19.1 Å². The molecule has 6 nitrogen and oxygen atoms in total. The number of aromatic nitrogens is 2. The molecule has 0 aliphatic heterocycles. The van der Waals surface area contributed by atoms with Crippen molar-refractivity contribution in [1.29, 1.82) is 0 Å². The predicted molar refractivity (Wildman–Crippen MR) is 89.3 cm³/mol. The number of rotatable bonds is 4. The van der Waals surface area contributed by atoms with Crippen molar-refractivity contribution in [3.8, 4) is 0 Å². The Labute approximate surface area is 136 Å². The fourth-order valence-electron chi connectivity index (χ4n) is 2.23. The maximum atomic E-state index is 12.4. The summed E-state index contributed by atoms with van der Waals surface area (Å²) in [4.78, 5) is 30.3. The van der Waals surface area contributed by atoms with Crippen molar-refractivity contribution in [3.63, 3.8) is 0 Å². The van der Waals surface area contributed by atoms with Crippen LogP contribution in [0.1, 0.15) is 20.8 Å². The SMILES string of the molecule is Cc1cn2c(=O)c(C(=O)Nc3ccc(CCO)cc3)cnc2s1. The molecule has 118 valence electrons. The zero-order valence-electron chi connectivity index (χ0n) is 12.4. The maximum absolute atomic E-state index is 12.4. The van der Waals surface area contributed by atoms with Crippen molar-refractivity contribution in [2.45, 2.75) is 13.3 Å². The Hall–Kier alpha value is -2.51. The molecule has 0 aliphatic carbocycles. The summed E-state index contributed by atoms with van der Waals surface area (Å²) >= 11 is 1.40. The van der Waals surface area contributed by atoms with Crippen LogP contribution in [0.5, 0.6) is 0 Å². The monoisotopic (exact) mass is 329 g/mol. The second-order valence-electron chi connectivity index (χ2n) is 5.10. The smallest absolute Gasteiger partial charge is 0.271 e. The molecule has 0 radical (unpaired) electrons. The largest absolute Gasteiger partial charge is 0.396 e. The van der Waals surface area contributed by atoms with E-state index in [1.165, 1.54) is 21.9 Å². The van der Waals surface area contributed by atoms with Gasteiger partial charge in [-0.1, -0.05) is 12.1 Å². The molecule has 7 heteroatoms. The third-order valence-corrected chi connectivity index (χ3v) is 4.29. The molecule has 0 bridgehead atoms. The summed E-state index contributed by atoms with van der Waals surface area (Å²) in [6, 6.07) is 7.12. The van der Waals surface area contributed by atoms with Gasteiger partial charge in [-0.25, -0.2) is 4.98 Å². The number of hydrogen-bond acceptors (Lipinski definition) is 5. The number of anilines is 1. The Bertz CT molecular complexity index is 912. The quantitative estimate of drug-likeness (QED) is 0.765. The highest BCUT2D eigenvalue weighted by Crippen LogP contribution is 2.14. The summed E-state index contributed by atoms with van der Waals surface area (Å²) in [6.45, 7) is 1.96. The van der Waals surface area contributed by atoms with E-state index in [0.717, 1.165) is 10.4 Å². The molecule has 0 saturated carbocycles. The number of aryl methyl sites for hydroxylation is 1. The summed E-state index contributed by atoms with van der Waals surface area (Å²) in [6.07, 6.45) is 3.55. The lowest BCUT2D eigenvalue weighted by Crippen LogP contribution is -2.25. The lowest BCUT2D eigenvalue weighted by Gasteiger charge is -2.06. The first-order valence-electron chi connectivity index (χ1n) is 7.07. The molecule has 0 atom stereocenters. The molecule has 0 fully saturated rings. The Kier molecular flexibility index (Phi) is 4.22. The predicted octanol–water partition coefficient (Wildman–Crippen LogP) is 1.85. The van der Waals surface area contributed by atoms with E-state index in [-0.39, 0.29) is 17.7 Å². The van der Waals surface area contributed by atoms with E-state index in [9.17, 15) is 9.59 Å². The van der Waals surface area contributed by atoms with Crippen LogP contribution >= 0.6 is 11.3 Å². The fourth-order valence-corrected chi connectivity index (χ4v) is 3.02. The first-order valence-corrected chi connectivity index (χ1v) is 7.89. The zero-order chi connectivity index (χ0) is 16.4. The number of thiazole rings is 1. The zero-order valence-corrected chi connectivity index (χ0v) is 13.3. The molecule has 0 unspecified atom stereocenters. The van der Waals surface area contributed by atoms with Gasteiger partial charge in [0, 0.05) is 29.6 Å². The van der Waals surface area contributed by atoms with Crippen LogP contribution in [-0.2, 0) is 6.42 Å². The summed E-state index contributed by atoms with van der Waals surface area (Å²) in [7, 11) is 0. The van der Waals surface area contributed by atoms with Gasteiger partial charge < -0.3 is 10.4 Å². The van der Waals surface area contributed by atoms with Crippen molar-refractivity contribution >= 4 is 27.9 Å². The Morgan fingerprint density at radius 1 is 1.35 bits per heavy atom. The molecule has 1 aromatic carbocycles. The highest BCUT2D eigenvalue weighted by atomic mass is 32.1. The molecule has 2 aromatic heterocycles. The normalized spacial score (nSPS) is 10.9. The van der Waals surface area contributed by atoms with Crippen LogP contribution in [-0.4, -0.2) is 27.0 Å². The van der Waals surface area contributed by atoms with Crippen LogP contribution in [0.4, 0.5) is 5.69 Å². The number of fused-ring (bicyclic) bond motifs is 1. The Morgan fingerprint density at radius 3 is 2.78 bits per heavy atom. The van der Waals surface area contributed by atoms with E-state index < -0.39 is 5.91 Å². The third-order valence-electron chi connectivity index (χ3n) is 3.38. The molecule has 0 saturated heterocycles. The molecular weight excluding hydrogens is 314 g/mol. The van der Waals surface area contributed by atoms with Gasteiger partial charge in [-0.05, 0) is 31.0 Å². The highest BCUT2D eigenvalue weighted by Gasteiger charge is 2.14. The van der Waals surface area contributed by atoms with E-state index >= 15 is 0 Å². The second kappa shape index (κ2) is 6.31. The van der Waals surface area contributed by atoms with Crippen LogP contribution in [0, 0.1) is 6.92 Å². The summed E-state index contributed by atoms with van der Waals surface area (Å²) < 4.78 is 1.39. The van der Waals surface area contributed by atoms with Gasteiger partial charge in [-0.2, -0.15) is 0 Å². The van der Waals surface area contributed by atoms with Gasteiger partial charge in [0.05, 0.1) is 0 Å². The first kappa shape index (κ1) is 15.4. The van der Waals surface area contributed by atoms with E-state index in [0.29, 0.717) is 17.1 Å². The van der Waals surface area contributed by atoms with Gasteiger partial charge in [-0.3, -0.25) is 14.0 Å². The number of amides is 1. The average Bonchev–Trinajstić information content (AvgIpc) is 2.91. The maximum Gasteiger partial charge on any atom is 0.271 e. The lowest BCUT2D eigenvalue weighted by molar-refractivity contribution is 0.102. The lowest BCUT2D eigenvalue weighted by atomic mass is 10.1. The average molecular weight is 329 g/mol. The molecule has 2 N–H and O–H groups in total. The number of carbonyl (C=O) groups excluding carboxylic acids is 1. The topological polar surface area (TPSA) is 83.7 Å². The van der Waals surface area contributed by atoms with E-state index in [1.54, 1.807) is 18.3 Å². The number of hydrogen-bond donors (Lipinski definition) is 2. The summed E-state index contributed by atoms with van der Waals surface area (Å²) in [5, 5.41) is 11.6. The number of aliphatic hydroxyl groups excluding tert-OH is 1. The highest BCUT2D eigenvalue weighted by molar-refractivity contribution is 7.16. The fraction of sp³-hybridized carbons (Fsp3) is 0.188. The molecule has 2 heterocycles. The Balaban J connectivity index is 1.85. The van der Waals surface area contributed by atoms with E-state index in [2.05, 4.69) is 10.3 Å².